The van der Waals surface area contributed by atoms with Crippen LogP contribution in [0, 0.1) is 0 Å². The molecule has 0 unspecified atom stereocenters. The standard InChI is InChI=1S/C22H23ClN2O4/c23-17-5-3-16(4-6-17)22(28)9-11-25(12-10-22)21(27)14-29-18-7-1-15-2-8-20(26)24-19(15)13-18/h1,3-7,13,28H,2,8-12,14H2,(H,24,26). The molecule has 4 rings (SSSR count). The Kier molecular flexibility index (Phi) is 5.48. The molecule has 0 aliphatic carbocycles. The first-order valence-corrected chi connectivity index (χ1v) is 10.1. The van der Waals surface area contributed by atoms with E-state index in [4.69, 9.17) is 16.3 Å². The highest BCUT2D eigenvalue weighted by molar-refractivity contribution is 6.30. The number of aliphatic hydroxyl groups is 1. The monoisotopic (exact) mass is 414 g/mol. The molecule has 1 saturated heterocycles. The van der Waals surface area contributed by atoms with Crippen molar-refractivity contribution in [3.8, 4) is 5.75 Å². The molecule has 7 heteroatoms. The lowest BCUT2D eigenvalue weighted by molar-refractivity contribution is -0.138. The lowest BCUT2D eigenvalue weighted by Crippen LogP contribution is -2.46. The number of carbonyl (C=O) groups is 2. The van der Waals surface area contributed by atoms with Gasteiger partial charge in [0, 0.05) is 36.3 Å². The Morgan fingerprint density at radius 2 is 1.86 bits per heavy atom. The number of ether oxygens (including phenoxy) is 1. The largest absolute Gasteiger partial charge is 0.484 e. The Balaban J connectivity index is 1.32. The van der Waals surface area contributed by atoms with Crippen molar-refractivity contribution in [3.63, 3.8) is 0 Å². The van der Waals surface area contributed by atoms with Crippen LogP contribution in [0.3, 0.4) is 0 Å². The summed E-state index contributed by atoms with van der Waals surface area (Å²) in [6, 6.07) is 12.7. The Morgan fingerprint density at radius 1 is 1.14 bits per heavy atom. The average molecular weight is 415 g/mol. The van der Waals surface area contributed by atoms with Gasteiger partial charge in [0.25, 0.3) is 5.91 Å². The van der Waals surface area contributed by atoms with E-state index in [0.717, 1.165) is 16.8 Å². The first-order chi connectivity index (χ1) is 13.9. The van der Waals surface area contributed by atoms with Crippen molar-refractivity contribution >= 4 is 29.1 Å². The van der Waals surface area contributed by atoms with Gasteiger partial charge in [-0.1, -0.05) is 29.8 Å². The van der Waals surface area contributed by atoms with Gasteiger partial charge in [0.05, 0.1) is 5.60 Å². The number of fused-ring (bicyclic) bond motifs is 1. The molecule has 2 aliphatic heterocycles. The topological polar surface area (TPSA) is 78.9 Å². The van der Waals surface area contributed by atoms with E-state index in [9.17, 15) is 14.7 Å². The number of benzene rings is 2. The predicted molar refractivity (Wildman–Crippen MR) is 110 cm³/mol. The Labute approximate surface area is 174 Å². The summed E-state index contributed by atoms with van der Waals surface area (Å²) < 4.78 is 5.65. The number of aryl methyl sites for hydroxylation is 1. The van der Waals surface area contributed by atoms with E-state index in [1.165, 1.54) is 0 Å². The molecule has 0 atom stereocenters. The fourth-order valence-electron chi connectivity index (χ4n) is 3.85. The lowest BCUT2D eigenvalue weighted by atomic mass is 9.84. The minimum Gasteiger partial charge on any atom is -0.484 e. The fraction of sp³-hybridized carbons (Fsp3) is 0.364. The molecule has 0 aromatic heterocycles. The Morgan fingerprint density at radius 3 is 2.59 bits per heavy atom. The minimum absolute atomic E-state index is 0.00721. The van der Waals surface area contributed by atoms with E-state index in [2.05, 4.69) is 5.32 Å². The number of rotatable bonds is 4. The van der Waals surface area contributed by atoms with E-state index in [1.54, 1.807) is 23.1 Å². The lowest BCUT2D eigenvalue weighted by Gasteiger charge is -2.38. The van der Waals surface area contributed by atoms with E-state index in [1.807, 2.05) is 24.3 Å². The molecular formula is C22H23ClN2O4. The van der Waals surface area contributed by atoms with Gasteiger partial charge < -0.3 is 20.1 Å². The quantitative estimate of drug-likeness (QED) is 0.805. The number of nitrogens with zero attached hydrogens (tertiary/aromatic N) is 1. The normalized spacial score (nSPS) is 18.0. The van der Waals surface area contributed by atoms with Crippen LogP contribution >= 0.6 is 11.6 Å². The molecule has 6 nitrogen and oxygen atoms in total. The number of piperidine rings is 1. The zero-order valence-corrected chi connectivity index (χ0v) is 16.7. The molecule has 1 fully saturated rings. The maximum Gasteiger partial charge on any atom is 0.260 e. The molecule has 29 heavy (non-hydrogen) atoms. The summed E-state index contributed by atoms with van der Waals surface area (Å²) in [7, 11) is 0. The molecular weight excluding hydrogens is 392 g/mol. The van der Waals surface area contributed by atoms with Crippen molar-refractivity contribution in [1.82, 2.24) is 4.90 Å². The van der Waals surface area contributed by atoms with Crippen LogP contribution in [-0.4, -0.2) is 41.5 Å². The maximum absolute atomic E-state index is 12.5. The molecule has 2 aromatic rings. The average Bonchev–Trinajstić information content (AvgIpc) is 2.72. The van der Waals surface area contributed by atoms with Gasteiger partial charge in [-0.2, -0.15) is 0 Å². The predicted octanol–water partition coefficient (Wildman–Crippen LogP) is 3.11. The van der Waals surface area contributed by atoms with Gasteiger partial charge in [0.15, 0.2) is 6.61 Å². The van der Waals surface area contributed by atoms with Gasteiger partial charge in [-0.3, -0.25) is 9.59 Å². The van der Waals surface area contributed by atoms with Crippen LogP contribution in [0.2, 0.25) is 5.02 Å². The Bertz CT molecular complexity index is 921. The minimum atomic E-state index is -0.946. The molecule has 2 aromatic carbocycles. The van der Waals surface area contributed by atoms with Crippen LogP contribution in [-0.2, 0) is 21.6 Å². The summed E-state index contributed by atoms with van der Waals surface area (Å²) >= 11 is 5.92. The maximum atomic E-state index is 12.5. The first-order valence-electron chi connectivity index (χ1n) is 9.75. The number of hydrogen-bond donors (Lipinski definition) is 2. The molecule has 2 N–H and O–H groups in total. The summed E-state index contributed by atoms with van der Waals surface area (Å²) in [5, 5.41) is 14.4. The molecule has 0 radical (unpaired) electrons. The SMILES string of the molecule is O=C1CCc2ccc(OCC(=O)N3CCC(O)(c4ccc(Cl)cc4)CC3)cc2N1. The second kappa shape index (κ2) is 8.05. The molecule has 152 valence electrons. The molecule has 2 aliphatic rings. The molecule has 0 spiro atoms. The number of carbonyl (C=O) groups excluding carboxylic acids is 2. The van der Waals surface area contributed by atoms with Crippen LogP contribution < -0.4 is 10.1 Å². The van der Waals surface area contributed by atoms with Gasteiger partial charge >= 0.3 is 0 Å². The summed E-state index contributed by atoms with van der Waals surface area (Å²) in [6.45, 7) is 0.842. The van der Waals surface area contributed by atoms with E-state index >= 15 is 0 Å². The fourth-order valence-corrected chi connectivity index (χ4v) is 3.98. The van der Waals surface area contributed by atoms with Crippen LogP contribution in [0.25, 0.3) is 0 Å². The number of hydrogen-bond acceptors (Lipinski definition) is 4. The van der Waals surface area contributed by atoms with Gasteiger partial charge in [0.2, 0.25) is 5.91 Å². The van der Waals surface area contributed by atoms with E-state index in [0.29, 0.717) is 49.5 Å². The van der Waals surface area contributed by atoms with E-state index < -0.39 is 5.60 Å². The van der Waals surface area contributed by atoms with Crippen molar-refractivity contribution in [1.29, 1.82) is 0 Å². The van der Waals surface area contributed by atoms with Crippen molar-refractivity contribution in [2.75, 3.05) is 25.0 Å². The van der Waals surface area contributed by atoms with Gasteiger partial charge in [-0.05, 0) is 48.6 Å². The zero-order chi connectivity index (χ0) is 20.4. The third-order valence-electron chi connectivity index (χ3n) is 5.66. The highest BCUT2D eigenvalue weighted by atomic mass is 35.5. The third-order valence-corrected chi connectivity index (χ3v) is 5.92. The number of nitrogens with one attached hydrogen (secondary N) is 1. The third kappa shape index (κ3) is 4.38. The van der Waals surface area contributed by atoms with Crippen LogP contribution in [0.1, 0.15) is 30.4 Å². The van der Waals surface area contributed by atoms with Gasteiger partial charge in [0.1, 0.15) is 5.75 Å². The summed E-state index contributed by atoms with van der Waals surface area (Å²) in [4.78, 5) is 25.8. The van der Waals surface area contributed by atoms with Crippen LogP contribution in [0.15, 0.2) is 42.5 Å². The van der Waals surface area contributed by atoms with Crippen molar-refractivity contribution in [2.45, 2.75) is 31.3 Å². The van der Waals surface area contributed by atoms with Crippen molar-refractivity contribution in [3.05, 3.63) is 58.6 Å². The summed E-state index contributed by atoms with van der Waals surface area (Å²) in [5.74, 6) is 0.422. The number of anilines is 1. The summed E-state index contributed by atoms with van der Waals surface area (Å²) in [6.07, 6.45) is 2.13. The second-order valence-electron chi connectivity index (χ2n) is 7.58. The van der Waals surface area contributed by atoms with Crippen LogP contribution in [0.4, 0.5) is 5.69 Å². The molecule has 0 bridgehead atoms. The smallest absolute Gasteiger partial charge is 0.260 e. The van der Waals surface area contributed by atoms with Crippen molar-refractivity contribution < 1.29 is 19.4 Å². The van der Waals surface area contributed by atoms with Crippen LogP contribution in [0.5, 0.6) is 5.75 Å². The zero-order valence-electron chi connectivity index (χ0n) is 16.0. The molecule has 2 amide bonds. The number of halogens is 1. The molecule has 2 heterocycles. The van der Waals surface area contributed by atoms with E-state index in [-0.39, 0.29) is 18.4 Å². The van der Waals surface area contributed by atoms with Gasteiger partial charge in [-0.15, -0.1) is 0 Å². The second-order valence-corrected chi connectivity index (χ2v) is 8.01. The first kappa shape index (κ1) is 19.7. The van der Waals surface area contributed by atoms with Gasteiger partial charge in [-0.25, -0.2) is 0 Å². The molecule has 0 saturated carbocycles. The Hall–Kier alpha value is -2.57. The number of likely N-dealkylation sites (tertiary alicyclic amines) is 1. The highest BCUT2D eigenvalue weighted by Crippen LogP contribution is 2.33. The number of amides is 2. The summed E-state index contributed by atoms with van der Waals surface area (Å²) in [5.41, 5.74) is 1.69. The van der Waals surface area contributed by atoms with Crippen molar-refractivity contribution in [2.24, 2.45) is 0 Å². The highest BCUT2D eigenvalue weighted by Gasteiger charge is 2.35.